The molecule has 6 heteroatoms. The van der Waals surface area contributed by atoms with Gasteiger partial charge in [0.25, 0.3) is 0 Å². The zero-order valence-corrected chi connectivity index (χ0v) is 11.8. The summed E-state index contributed by atoms with van der Waals surface area (Å²) in [6, 6.07) is 6.24. The molecule has 0 aliphatic carbocycles. The van der Waals surface area contributed by atoms with Crippen molar-refractivity contribution in [2.45, 2.75) is 26.7 Å². The van der Waals surface area contributed by atoms with E-state index in [1.54, 1.807) is 6.07 Å². The quantitative estimate of drug-likeness (QED) is 0.882. The number of hydrogen-bond acceptors (Lipinski definition) is 3. The van der Waals surface area contributed by atoms with Crippen molar-refractivity contribution in [3.63, 3.8) is 0 Å². The lowest BCUT2D eigenvalue weighted by molar-refractivity contribution is 0.0681. The lowest BCUT2D eigenvalue weighted by Gasteiger charge is -2.10. The summed E-state index contributed by atoms with van der Waals surface area (Å²) in [5, 5.41) is 22.3. The molecule has 0 radical (unpaired) electrons. The summed E-state index contributed by atoms with van der Waals surface area (Å²) in [5.41, 5.74) is 2.27. The van der Waals surface area contributed by atoms with Gasteiger partial charge in [-0.25, -0.2) is 14.3 Å². The molecule has 2 aromatic rings. The Morgan fingerprint density at radius 1 is 1.19 bits per heavy atom. The van der Waals surface area contributed by atoms with E-state index in [4.69, 9.17) is 10.2 Å². The van der Waals surface area contributed by atoms with Crippen LogP contribution in [0.15, 0.2) is 24.3 Å². The molecule has 0 bridgehead atoms. The average Bonchev–Trinajstić information content (AvgIpc) is 2.83. The lowest BCUT2D eigenvalue weighted by Crippen LogP contribution is -2.07. The summed E-state index contributed by atoms with van der Waals surface area (Å²) in [7, 11) is 0. The normalized spacial score (nSPS) is 10.6. The Kier molecular flexibility index (Phi) is 4.07. The van der Waals surface area contributed by atoms with Gasteiger partial charge in [0.2, 0.25) is 0 Å². The van der Waals surface area contributed by atoms with E-state index in [1.165, 1.54) is 22.9 Å². The average molecular weight is 288 g/mol. The van der Waals surface area contributed by atoms with Crippen molar-refractivity contribution in [1.29, 1.82) is 0 Å². The van der Waals surface area contributed by atoms with Crippen LogP contribution in [0, 0.1) is 6.92 Å². The summed E-state index contributed by atoms with van der Waals surface area (Å²) in [4.78, 5) is 22.2. The molecule has 0 aliphatic rings. The summed E-state index contributed by atoms with van der Waals surface area (Å²) in [5.74, 6) is -2.13. The van der Waals surface area contributed by atoms with Crippen LogP contribution in [0.25, 0.3) is 5.69 Å². The number of aromatic carboxylic acids is 2. The van der Waals surface area contributed by atoms with E-state index in [0.29, 0.717) is 12.1 Å². The van der Waals surface area contributed by atoms with Gasteiger partial charge in [-0.05, 0) is 37.1 Å². The third-order valence-corrected chi connectivity index (χ3v) is 3.19. The SMILES string of the molecule is CCCc1cc(C(=O)O)nn1-c1cc(C(=O)O)ccc1C. The van der Waals surface area contributed by atoms with E-state index in [2.05, 4.69) is 5.10 Å². The number of hydrogen-bond donors (Lipinski definition) is 2. The fourth-order valence-electron chi connectivity index (χ4n) is 2.14. The van der Waals surface area contributed by atoms with Crippen LogP contribution in [0.5, 0.6) is 0 Å². The van der Waals surface area contributed by atoms with Crippen LogP contribution in [0.4, 0.5) is 0 Å². The van der Waals surface area contributed by atoms with Crippen LogP contribution in [-0.4, -0.2) is 31.9 Å². The van der Waals surface area contributed by atoms with Crippen LogP contribution >= 0.6 is 0 Å². The second-order valence-electron chi connectivity index (χ2n) is 4.79. The van der Waals surface area contributed by atoms with Gasteiger partial charge >= 0.3 is 11.9 Å². The molecule has 1 aromatic carbocycles. The van der Waals surface area contributed by atoms with Crippen molar-refractivity contribution in [2.24, 2.45) is 0 Å². The van der Waals surface area contributed by atoms with Gasteiger partial charge in [-0.2, -0.15) is 5.10 Å². The predicted molar refractivity (Wildman–Crippen MR) is 76.2 cm³/mol. The topological polar surface area (TPSA) is 92.4 Å². The Morgan fingerprint density at radius 3 is 2.48 bits per heavy atom. The minimum Gasteiger partial charge on any atom is -0.478 e. The van der Waals surface area contributed by atoms with Crippen LogP contribution in [0.3, 0.4) is 0 Å². The van der Waals surface area contributed by atoms with E-state index in [1.807, 2.05) is 13.8 Å². The summed E-state index contributed by atoms with van der Waals surface area (Å²) in [6.45, 7) is 3.82. The summed E-state index contributed by atoms with van der Waals surface area (Å²) < 4.78 is 1.52. The van der Waals surface area contributed by atoms with Crippen molar-refractivity contribution in [2.75, 3.05) is 0 Å². The maximum atomic E-state index is 11.1. The summed E-state index contributed by atoms with van der Waals surface area (Å²) in [6.07, 6.45) is 1.50. The largest absolute Gasteiger partial charge is 0.478 e. The third-order valence-electron chi connectivity index (χ3n) is 3.19. The van der Waals surface area contributed by atoms with Crippen LogP contribution < -0.4 is 0 Å². The van der Waals surface area contributed by atoms with E-state index >= 15 is 0 Å². The molecular formula is C15H16N2O4. The highest BCUT2D eigenvalue weighted by Crippen LogP contribution is 2.20. The molecule has 110 valence electrons. The molecule has 2 N–H and O–H groups in total. The highest BCUT2D eigenvalue weighted by Gasteiger charge is 2.16. The molecule has 0 saturated carbocycles. The molecule has 0 unspecified atom stereocenters. The molecule has 6 nitrogen and oxygen atoms in total. The zero-order valence-electron chi connectivity index (χ0n) is 11.8. The Morgan fingerprint density at radius 2 is 1.90 bits per heavy atom. The Hall–Kier alpha value is -2.63. The number of aryl methyl sites for hydroxylation is 2. The van der Waals surface area contributed by atoms with Gasteiger partial charge in [0.05, 0.1) is 11.3 Å². The van der Waals surface area contributed by atoms with Gasteiger partial charge in [0.1, 0.15) is 0 Å². The fraction of sp³-hybridized carbons (Fsp3) is 0.267. The summed E-state index contributed by atoms with van der Waals surface area (Å²) >= 11 is 0. The van der Waals surface area contributed by atoms with Gasteiger partial charge in [-0.3, -0.25) is 0 Å². The van der Waals surface area contributed by atoms with Crippen molar-refractivity contribution in [3.05, 3.63) is 46.8 Å². The number of benzene rings is 1. The third kappa shape index (κ3) is 2.94. The van der Waals surface area contributed by atoms with Gasteiger partial charge < -0.3 is 10.2 Å². The first-order valence-corrected chi connectivity index (χ1v) is 6.60. The van der Waals surface area contributed by atoms with Crippen molar-refractivity contribution in [3.8, 4) is 5.69 Å². The zero-order chi connectivity index (χ0) is 15.6. The number of nitrogens with zero attached hydrogens (tertiary/aromatic N) is 2. The van der Waals surface area contributed by atoms with Gasteiger partial charge in [-0.15, -0.1) is 0 Å². The molecule has 0 fully saturated rings. The molecule has 0 amide bonds. The smallest absolute Gasteiger partial charge is 0.356 e. The molecule has 1 aromatic heterocycles. The molecular weight excluding hydrogens is 272 g/mol. The van der Waals surface area contributed by atoms with Gasteiger partial charge in [-0.1, -0.05) is 19.4 Å². The minimum atomic E-state index is -1.10. The van der Waals surface area contributed by atoms with Crippen molar-refractivity contribution < 1.29 is 19.8 Å². The molecule has 1 heterocycles. The maximum absolute atomic E-state index is 11.1. The highest BCUT2D eigenvalue weighted by atomic mass is 16.4. The van der Waals surface area contributed by atoms with Crippen LogP contribution in [0.1, 0.15) is 45.4 Å². The molecule has 0 atom stereocenters. The second kappa shape index (κ2) is 5.78. The maximum Gasteiger partial charge on any atom is 0.356 e. The standard InChI is InChI=1S/C15H16N2O4/c1-3-4-11-8-12(15(20)21)16-17(11)13-7-10(14(18)19)6-5-9(13)2/h5-8H,3-4H2,1-2H3,(H,18,19)(H,20,21). The van der Waals surface area contributed by atoms with Crippen LogP contribution in [0.2, 0.25) is 0 Å². The lowest BCUT2D eigenvalue weighted by atomic mass is 10.1. The number of carbonyl (C=O) groups is 2. The Balaban J connectivity index is 2.62. The number of carboxylic acid groups (broad SMARTS) is 2. The van der Waals surface area contributed by atoms with E-state index in [0.717, 1.165) is 17.7 Å². The first-order valence-electron chi connectivity index (χ1n) is 6.60. The molecule has 21 heavy (non-hydrogen) atoms. The number of aromatic nitrogens is 2. The van der Waals surface area contributed by atoms with Crippen LogP contribution in [-0.2, 0) is 6.42 Å². The first-order chi connectivity index (χ1) is 9.93. The van der Waals surface area contributed by atoms with E-state index in [9.17, 15) is 9.59 Å². The van der Waals surface area contributed by atoms with E-state index < -0.39 is 11.9 Å². The number of carboxylic acids is 2. The minimum absolute atomic E-state index is 0.0430. The Bertz CT molecular complexity index is 704. The van der Waals surface area contributed by atoms with Crippen molar-refractivity contribution >= 4 is 11.9 Å². The molecule has 0 saturated heterocycles. The predicted octanol–water partition coefficient (Wildman–Crippen LogP) is 2.53. The van der Waals surface area contributed by atoms with E-state index in [-0.39, 0.29) is 11.3 Å². The first kappa shape index (κ1) is 14.8. The van der Waals surface area contributed by atoms with Gasteiger partial charge in [0.15, 0.2) is 5.69 Å². The molecule has 0 aliphatic heterocycles. The van der Waals surface area contributed by atoms with Gasteiger partial charge in [0, 0.05) is 5.69 Å². The second-order valence-corrected chi connectivity index (χ2v) is 4.79. The fourth-order valence-corrected chi connectivity index (χ4v) is 2.14. The molecule has 2 rings (SSSR count). The number of rotatable bonds is 5. The monoisotopic (exact) mass is 288 g/mol. The highest BCUT2D eigenvalue weighted by molar-refractivity contribution is 5.88. The molecule has 0 spiro atoms. The van der Waals surface area contributed by atoms with Crippen molar-refractivity contribution in [1.82, 2.24) is 9.78 Å². The Labute approximate surface area is 121 Å².